The molecule has 0 fully saturated rings. The van der Waals surface area contributed by atoms with Gasteiger partial charge < -0.3 is 9.47 Å². The van der Waals surface area contributed by atoms with Gasteiger partial charge in [0.1, 0.15) is 11.8 Å². The van der Waals surface area contributed by atoms with Crippen molar-refractivity contribution in [3.05, 3.63) is 29.8 Å². The Bertz CT molecular complexity index is 493. The number of benzene rings is 1. The topological polar surface area (TPSA) is 64.6 Å². The van der Waals surface area contributed by atoms with Crippen LogP contribution in [0.15, 0.2) is 24.3 Å². The van der Waals surface area contributed by atoms with Crippen molar-refractivity contribution in [2.45, 2.75) is 38.5 Å². The highest BCUT2D eigenvalue weighted by Gasteiger charge is 2.28. The first-order chi connectivity index (χ1) is 9.79. The van der Waals surface area contributed by atoms with Crippen molar-refractivity contribution in [2.75, 3.05) is 13.7 Å². The monoisotopic (exact) mass is 313 g/mol. The van der Waals surface area contributed by atoms with Gasteiger partial charge in [0, 0.05) is 0 Å². The Balaban J connectivity index is 3.01. The number of hydrogen-bond acceptors (Lipinski definition) is 4. The molecular weight excluding hydrogens is 290 g/mol. The maximum atomic E-state index is 12.2. The van der Waals surface area contributed by atoms with E-state index in [2.05, 4.69) is 4.72 Å². The molecule has 0 unspecified atom stereocenters. The highest BCUT2D eigenvalue weighted by Crippen LogP contribution is 2.21. The van der Waals surface area contributed by atoms with E-state index in [0.29, 0.717) is 11.3 Å². The van der Waals surface area contributed by atoms with Gasteiger partial charge in [-0.1, -0.05) is 12.1 Å². The van der Waals surface area contributed by atoms with E-state index in [1.165, 1.54) is 0 Å². The van der Waals surface area contributed by atoms with Gasteiger partial charge in [0.25, 0.3) is 0 Å². The molecule has 1 aromatic carbocycles. The molecule has 0 aliphatic heterocycles. The van der Waals surface area contributed by atoms with Crippen LogP contribution in [0.2, 0.25) is 0 Å². The van der Waals surface area contributed by atoms with Gasteiger partial charge in [-0.05, 0) is 45.4 Å². The quantitative estimate of drug-likeness (QED) is 0.819. The summed E-state index contributed by atoms with van der Waals surface area (Å²) in [6, 6.07) is 6.25. The predicted octanol–water partition coefficient (Wildman–Crippen LogP) is 2.35. The van der Waals surface area contributed by atoms with Crippen LogP contribution in [0.4, 0.5) is 0 Å². The third kappa shape index (κ3) is 5.13. The first kappa shape index (κ1) is 17.7. The lowest BCUT2D eigenvalue weighted by Crippen LogP contribution is -2.39. The van der Waals surface area contributed by atoms with Crippen LogP contribution >= 0.6 is 0 Å². The largest absolute Gasteiger partial charge is 0.497 e. The molecule has 0 aromatic heterocycles. The molecule has 0 saturated heterocycles. The van der Waals surface area contributed by atoms with E-state index >= 15 is 0 Å². The van der Waals surface area contributed by atoms with Crippen molar-refractivity contribution in [3.8, 4) is 5.75 Å². The summed E-state index contributed by atoms with van der Waals surface area (Å²) in [5.41, 5.74) is 0.687. The minimum atomic E-state index is -1.38. The van der Waals surface area contributed by atoms with Gasteiger partial charge in [0.05, 0.1) is 29.4 Å². The first-order valence-corrected chi connectivity index (χ1v) is 7.93. The molecule has 6 heteroatoms. The number of ether oxygens (including phenoxy) is 2. The summed E-state index contributed by atoms with van der Waals surface area (Å²) >= 11 is 0. The van der Waals surface area contributed by atoms with Crippen LogP contribution in [0.25, 0.3) is 0 Å². The number of carbonyl (C=O) groups excluding carboxylic acids is 1. The number of nitrogens with one attached hydrogen (secondary N) is 1. The Labute approximate surface area is 128 Å². The molecule has 21 heavy (non-hydrogen) atoms. The van der Waals surface area contributed by atoms with E-state index in [9.17, 15) is 9.00 Å². The average Bonchev–Trinajstić information content (AvgIpc) is 2.43. The summed E-state index contributed by atoms with van der Waals surface area (Å²) in [5, 5.41) is 0. The molecule has 118 valence electrons. The molecule has 2 atom stereocenters. The first-order valence-electron chi connectivity index (χ1n) is 6.78. The van der Waals surface area contributed by atoms with Crippen LogP contribution in [-0.2, 0) is 20.5 Å². The van der Waals surface area contributed by atoms with Gasteiger partial charge in [0.2, 0.25) is 0 Å². The Kier molecular flexibility index (Phi) is 6.36. The standard InChI is InChI=1S/C15H23NO4S/c1-6-20-14(17)13(16-21(18)15(2,3)4)11-7-9-12(19-5)10-8-11/h7-10,13,16H,6H2,1-5H3/t13-,21-/m1/s1. The minimum absolute atomic E-state index is 0.273. The second-order valence-electron chi connectivity index (χ2n) is 5.46. The second kappa shape index (κ2) is 7.56. The van der Waals surface area contributed by atoms with E-state index in [1.54, 1.807) is 38.3 Å². The van der Waals surface area contributed by atoms with Crippen molar-refractivity contribution in [1.82, 2.24) is 4.72 Å². The normalized spacial score (nSPS) is 14.3. The zero-order valence-electron chi connectivity index (χ0n) is 13.1. The van der Waals surface area contributed by atoms with Crippen LogP contribution in [0.3, 0.4) is 0 Å². The molecular formula is C15H23NO4S. The lowest BCUT2D eigenvalue weighted by molar-refractivity contribution is -0.145. The number of methoxy groups -OCH3 is 1. The smallest absolute Gasteiger partial charge is 0.328 e. The molecule has 5 nitrogen and oxygen atoms in total. The van der Waals surface area contributed by atoms with Gasteiger partial charge in [-0.2, -0.15) is 0 Å². The maximum Gasteiger partial charge on any atom is 0.328 e. The molecule has 0 amide bonds. The Morgan fingerprint density at radius 3 is 2.29 bits per heavy atom. The summed E-state index contributed by atoms with van der Waals surface area (Å²) in [6.07, 6.45) is 0. The van der Waals surface area contributed by atoms with E-state index in [0.717, 1.165) is 0 Å². The Morgan fingerprint density at radius 2 is 1.86 bits per heavy atom. The molecule has 1 aromatic rings. The van der Waals surface area contributed by atoms with Crippen LogP contribution in [0.1, 0.15) is 39.3 Å². The Hall–Kier alpha value is -1.40. The van der Waals surface area contributed by atoms with Crippen molar-refractivity contribution in [1.29, 1.82) is 0 Å². The van der Waals surface area contributed by atoms with Gasteiger partial charge in [0.15, 0.2) is 0 Å². The number of esters is 1. The van der Waals surface area contributed by atoms with E-state index in [1.807, 2.05) is 20.8 Å². The van der Waals surface area contributed by atoms with Gasteiger partial charge in [-0.25, -0.2) is 13.7 Å². The van der Waals surface area contributed by atoms with Crippen molar-refractivity contribution < 1.29 is 18.5 Å². The van der Waals surface area contributed by atoms with E-state index in [4.69, 9.17) is 9.47 Å². The highest BCUT2D eigenvalue weighted by atomic mass is 32.2. The fourth-order valence-corrected chi connectivity index (χ4v) is 2.36. The maximum absolute atomic E-state index is 12.2. The average molecular weight is 313 g/mol. The summed E-state index contributed by atoms with van der Waals surface area (Å²) in [4.78, 5) is 12.1. The molecule has 1 rings (SSSR count). The molecule has 0 spiro atoms. The third-order valence-corrected chi connectivity index (χ3v) is 4.31. The SMILES string of the molecule is CCOC(=O)[C@H](N[S@](=O)C(C)(C)C)c1ccc(OC)cc1. The van der Waals surface area contributed by atoms with Crippen LogP contribution in [0.5, 0.6) is 5.75 Å². The summed E-state index contributed by atoms with van der Waals surface area (Å²) < 4.78 is 24.8. The molecule has 0 heterocycles. The molecule has 0 radical (unpaired) electrons. The van der Waals surface area contributed by atoms with E-state index < -0.39 is 27.7 Å². The van der Waals surface area contributed by atoms with Crippen LogP contribution in [0, 0.1) is 0 Å². The molecule has 1 N–H and O–H groups in total. The summed E-state index contributed by atoms with van der Waals surface area (Å²) in [5.74, 6) is 0.249. The number of rotatable bonds is 6. The van der Waals surface area contributed by atoms with Crippen molar-refractivity contribution >= 4 is 17.0 Å². The third-order valence-electron chi connectivity index (χ3n) is 2.75. The second-order valence-corrected chi connectivity index (χ2v) is 7.46. The highest BCUT2D eigenvalue weighted by molar-refractivity contribution is 7.84. The summed E-state index contributed by atoms with van der Waals surface area (Å²) in [7, 11) is 0.193. The van der Waals surface area contributed by atoms with Crippen LogP contribution < -0.4 is 9.46 Å². The lowest BCUT2D eigenvalue weighted by Gasteiger charge is -2.23. The van der Waals surface area contributed by atoms with Crippen molar-refractivity contribution in [3.63, 3.8) is 0 Å². The fourth-order valence-electron chi connectivity index (χ4n) is 1.56. The predicted molar refractivity (Wildman–Crippen MR) is 83.4 cm³/mol. The zero-order chi connectivity index (χ0) is 16.0. The Morgan fingerprint density at radius 1 is 1.29 bits per heavy atom. The number of carbonyl (C=O) groups is 1. The lowest BCUT2D eigenvalue weighted by atomic mass is 10.1. The van der Waals surface area contributed by atoms with Crippen LogP contribution in [-0.4, -0.2) is 28.6 Å². The summed E-state index contributed by atoms with van der Waals surface area (Å²) in [6.45, 7) is 7.53. The van der Waals surface area contributed by atoms with Gasteiger partial charge in [-0.15, -0.1) is 0 Å². The minimum Gasteiger partial charge on any atom is -0.497 e. The van der Waals surface area contributed by atoms with Gasteiger partial charge in [-0.3, -0.25) is 0 Å². The zero-order valence-corrected chi connectivity index (χ0v) is 14.0. The molecule has 0 aliphatic rings. The number of hydrogen-bond donors (Lipinski definition) is 1. The fraction of sp³-hybridized carbons (Fsp3) is 0.533. The van der Waals surface area contributed by atoms with Gasteiger partial charge >= 0.3 is 5.97 Å². The molecule has 0 bridgehead atoms. The molecule has 0 aliphatic carbocycles. The van der Waals surface area contributed by atoms with Crippen molar-refractivity contribution in [2.24, 2.45) is 0 Å². The molecule has 0 saturated carbocycles. The van der Waals surface area contributed by atoms with E-state index in [-0.39, 0.29) is 6.61 Å².